The van der Waals surface area contributed by atoms with Gasteiger partial charge in [-0.15, -0.1) is 0 Å². The second-order valence-electron chi connectivity index (χ2n) is 5.73. The van der Waals surface area contributed by atoms with Crippen molar-refractivity contribution in [3.63, 3.8) is 0 Å². The third-order valence-electron chi connectivity index (χ3n) is 4.51. The lowest BCUT2D eigenvalue weighted by atomic mass is 9.88. The number of nitrogens with zero attached hydrogens (tertiary/aromatic N) is 3. The average Bonchev–Trinajstić information content (AvgIpc) is 2.58. The first-order valence-corrected chi connectivity index (χ1v) is 6.84. The second-order valence-corrected chi connectivity index (χ2v) is 5.73. The van der Waals surface area contributed by atoms with Crippen molar-refractivity contribution in [2.75, 3.05) is 6.54 Å². The summed E-state index contributed by atoms with van der Waals surface area (Å²) in [6.07, 6.45) is 2.78. The van der Waals surface area contributed by atoms with Gasteiger partial charge in [-0.1, -0.05) is 0 Å². The van der Waals surface area contributed by atoms with Crippen LogP contribution in [0, 0.1) is 13.8 Å². The number of carboxylic acid groups (broad SMARTS) is 1. The van der Waals surface area contributed by atoms with E-state index in [1.54, 1.807) is 0 Å². The van der Waals surface area contributed by atoms with Gasteiger partial charge in [0.2, 0.25) is 0 Å². The van der Waals surface area contributed by atoms with Crippen LogP contribution >= 0.6 is 0 Å². The van der Waals surface area contributed by atoms with E-state index in [-0.39, 0.29) is 0 Å². The Morgan fingerprint density at radius 2 is 2.11 bits per heavy atom. The van der Waals surface area contributed by atoms with Crippen LogP contribution in [-0.4, -0.2) is 37.8 Å². The Hall–Kier alpha value is -1.36. The van der Waals surface area contributed by atoms with Crippen molar-refractivity contribution in [1.29, 1.82) is 0 Å². The van der Waals surface area contributed by atoms with Gasteiger partial charge in [0, 0.05) is 24.8 Å². The zero-order chi connectivity index (χ0) is 14.2. The van der Waals surface area contributed by atoms with Gasteiger partial charge in [-0.3, -0.25) is 14.4 Å². The molecule has 1 aromatic rings. The monoisotopic (exact) mass is 265 g/mol. The molecule has 1 N–H and O–H groups in total. The van der Waals surface area contributed by atoms with E-state index in [4.69, 9.17) is 0 Å². The minimum atomic E-state index is -0.743. The Kier molecular flexibility index (Phi) is 3.67. The summed E-state index contributed by atoms with van der Waals surface area (Å²) in [6.45, 7) is 7.39. The van der Waals surface area contributed by atoms with Crippen LogP contribution in [0.15, 0.2) is 0 Å². The predicted octanol–water partition coefficient (Wildman–Crippen LogP) is 1.87. The highest BCUT2D eigenvalue weighted by atomic mass is 16.4. The first-order valence-electron chi connectivity index (χ1n) is 6.84. The summed E-state index contributed by atoms with van der Waals surface area (Å²) >= 11 is 0. The fourth-order valence-electron chi connectivity index (χ4n) is 2.91. The number of aryl methyl sites for hydroxylation is 2. The SMILES string of the molecule is Cc1nn(C)c(C)c1CN1CCCCC1(C)C(=O)O. The Morgan fingerprint density at radius 3 is 2.63 bits per heavy atom. The van der Waals surface area contributed by atoms with Crippen LogP contribution in [-0.2, 0) is 18.4 Å². The zero-order valence-corrected chi connectivity index (χ0v) is 12.2. The number of likely N-dealkylation sites (tertiary alicyclic amines) is 1. The van der Waals surface area contributed by atoms with Gasteiger partial charge < -0.3 is 5.11 Å². The first-order chi connectivity index (χ1) is 8.86. The standard InChI is InChI=1S/C14H23N3O2/c1-10-12(11(2)16(4)15-10)9-17-8-6-5-7-14(17,3)13(18)19/h5-9H2,1-4H3,(H,18,19). The third kappa shape index (κ3) is 2.39. The van der Waals surface area contributed by atoms with E-state index in [0.717, 1.165) is 42.8 Å². The third-order valence-corrected chi connectivity index (χ3v) is 4.51. The molecule has 1 fully saturated rings. The van der Waals surface area contributed by atoms with Crippen LogP contribution in [0.1, 0.15) is 43.1 Å². The van der Waals surface area contributed by atoms with E-state index in [1.165, 1.54) is 0 Å². The van der Waals surface area contributed by atoms with Crippen LogP contribution in [0.5, 0.6) is 0 Å². The number of rotatable bonds is 3. The molecule has 1 unspecified atom stereocenters. The second kappa shape index (κ2) is 4.96. The summed E-state index contributed by atoms with van der Waals surface area (Å²) in [5, 5.41) is 13.9. The molecule has 0 radical (unpaired) electrons. The molecule has 0 aliphatic carbocycles. The van der Waals surface area contributed by atoms with Crippen molar-refractivity contribution in [3.05, 3.63) is 17.0 Å². The fourth-order valence-corrected chi connectivity index (χ4v) is 2.91. The molecule has 0 bridgehead atoms. The predicted molar refractivity (Wildman–Crippen MR) is 73.0 cm³/mol. The molecule has 1 aliphatic heterocycles. The summed E-state index contributed by atoms with van der Waals surface area (Å²) in [4.78, 5) is 13.7. The van der Waals surface area contributed by atoms with E-state index < -0.39 is 11.5 Å². The molecule has 0 amide bonds. The van der Waals surface area contributed by atoms with Crippen LogP contribution < -0.4 is 0 Å². The number of piperidine rings is 1. The Labute approximate surface area is 114 Å². The largest absolute Gasteiger partial charge is 0.480 e. The summed E-state index contributed by atoms with van der Waals surface area (Å²) in [5.74, 6) is -0.716. The molecule has 0 spiro atoms. The molecule has 1 aromatic heterocycles. The average molecular weight is 265 g/mol. The van der Waals surface area contributed by atoms with Gasteiger partial charge in [0.05, 0.1) is 5.69 Å². The Balaban J connectivity index is 2.27. The maximum Gasteiger partial charge on any atom is 0.323 e. The quantitative estimate of drug-likeness (QED) is 0.906. The smallest absolute Gasteiger partial charge is 0.323 e. The summed E-state index contributed by atoms with van der Waals surface area (Å²) in [5.41, 5.74) is 2.54. The number of aromatic nitrogens is 2. The van der Waals surface area contributed by atoms with Crippen LogP contribution in [0.25, 0.3) is 0 Å². The van der Waals surface area contributed by atoms with Crippen molar-refractivity contribution in [2.45, 2.75) is 52.1 Å². The molecule has 0 aromatic carbocycles. The number of carboxylic acids is 1. The molecule has 2 rings (SSSR count). The summed E-state index contributed by atoms with van der Waals surface area (Å²) in [7, 11) is 1.93. The summed E-state index contributed by atoms with van der Waals surface area (Å²) < 4.78 is 1.87. The molecule has 5 nitrogen and oxygen atoms in total. The van der Waals surface area contributed by atoms with Gasteiger partial charge >= 0.3 is 5.97 Å². The molecule has 5 heteroatoms. The van der Waals surface area contributed by atoms with E-state index in [2.05, 4.69) is 10.00 Å². The highest BCUT2D eigenvalue weighted by Gasteiger charge is 2.41. The van der Waals surface area contributed by atoms with Gasteiger partial charge in [-0.25, -0.2) is 0 Å². The molecular formula is C14H23N3O2. The van der Waals surface area contributed by atoms with Crippen molar-refractivity contribution >= 4 is 5.97 Å². The van der Waals surface area contributed by atoms with Gasteiger partial charge in [-0.2, -0.15) is 5.10 Å². The molecule has 2 heterocycles. The van der Waals surface area contributed by atoms with Crippen molar-refractivity contribution in [1.82, 2.24) is 14.7 Å². The lowest BCUT2D eigenvalue weighted by molar-refractivity contribution is -0.153. The number of aliphatic carboxylic acids is 1. The molecule has 0 saturated carbocycles. The Morgan fingerprint density at radius 1 is 1.42 bits per heavy atom. The minimum absolute atomic E-state index is 0.675. The van der Waals surface area contributed by atoms with Crippen molar-refractivity contribution in [3.8, 4) is 0 Å². The maximum absolute atomic E-state index is 11.6. The fraction of sp³-hybridized carbons (Fsp3) is 0.714. The van der Waals surface area contributed by atoms with Gasteiger partial charge in [-0.05, 0) is 46.6 Å². The normalized spacial score (nSPS) is 24.6. The number of carbonyl (C=O) groups is 1. The van der Waals surface area contributed by atoms with Crippen molar-refractivity contribution in [2.24, 2.45) is 7.05 Å². The minimum Gasteiger partial charge on any atom is -0.480 e. The first kappa shape index (κ1) is 14.1. The highest BCUT2D eigenvalue weighted by Crippen LogP contribution is 2.30. The van der Waals surface area contributed by atoms with Gasteiger partial charge in [0.15, 0.2) is 0 Å². The maximum atomic E-state index is 11.6. The van der Waals surface area contributed by atoms with E-state index >= 15 is 0 Å². The number of hydrogen-bond acceptors (Lipinski definition) is 3. The lowest BCUT2D eigenvalue weighted by Gasteiger charge is -2.41. The summed E-state index contributed by atoms with van der Waals surface area (Å²) in [6, 6.07) is 0. The topological polar surface area (TPSA) is 58.4 Å². The molecular weight excluding hydrogens is 242 g/mol. The van der Waals surface area contributed by atoms with Crippen LogP contribution in [0.3, 0.4) is 0 Å². The van der Waals surface area contributed by atoms with Crippen LogP contribution in [0.2, 0.25) is 0 Å². The lowest BCUT2D eigenvalue weighted by Crippen LogP contribution is -2.54. The molecule has 19 heavy (non-hydrogen) atoms. The Bertz CT molecular complexity index is 495. The highest BCUT2D eigenvalue weighted by molar-refractivity contribution is 5.78. The molecule has 1 saturated heterocycles. The van der Waals surface area contributed by atoms with Crippen LogP contribution in [0.4, 0.5) is 0 Å². The number of hydrogen-bond donors (Lipinski definition) is 1. The van der Waals surface area contributed by atoms with Gasteiger partial charge in [0.25, 0.3) is 0 Å². The molecule has 106 valence electrons. The molecule has 1 atom stereocenters. The van der Waals surface area contributed by atoms with E-state index in [1.807, 2.05) is 32.5 Å². The van der Waals surface area contributed by atoms with E-state index in [0.29, 0.717) is 6.54 Å². The van der Waals surface area contributed by atoms with Gasteiger partial charge in [0.1, 0.15) is 5.54 Å². The van der Waals surface area contributed by atoms with Crippen molar-refractivity contribution < 1.29 is 9.90 Å². The molecule has 1 aliphatic rings. The van der Waals surface area contributed by atoms with E-state index in [9.17, 15) is 9.90 Å². The zero-order valence-electron chi connectivity index (χ0n) is 12.2.